The van der Waals surface area contributed by atoms with E-state index in [4.69, 9.17) is 0 Å². The summed E-state index contributed by atoms with van der Waals surface area (Å²) in [5.74, 6) is -0.913. The van der Waals surface area contributed by atoms with Gasteiger partial charge in [0.2, 0.25) is 0 Å². The van der Waals surface area contributed by atoms with E-state index in [0.29, 0.717) is 0 Å². The maximum atomic E-state index is 10.4. The monoisotopic (exact) mass is 327 g/mol. The second kappa shape index (κ2) is 14.0. The SMILES string of the molecule is CCN(CC)CCCCCCC1=CCC(C=CC(=O)[O-])C=C1.[Na+]. The summed E-state index contributed by atoms with van der Waals surface area (Å²) in [6, 6.07) is 0. The van der Waals surface area contributed by atoms with Crippen LogP contribution >= 0.6 is 0 Å². The summed E-state index contributed by atoms with van der Waals surface area (Å²) in [7, 11) is 0. The van der Waals surface area contributed by atoms with Crippen molar-refractivity contribution in [3.05, 3.63) is 36.0 Å². The van der Waals surface area contributed by atoms with E-state index in [2.05, 4.69) is 37.0 Å². The van der Waals surface area contributed by atoms with E-state index in [0.717, 1.165) is 32.0 Å². The van der Waals surface area contributed by atoms with E-state index in [1.807, 2.05) is 0 Å². The molecule has 0 fully saturated rings. The first-order valence-corrected chi connectivity index (χ1v) is 8.64. The van der Waals surface area contributed by atoms with Gasteiger partial charge in [0, 0.05) is 0 Å². The van der Waals surface area contributed by atoms with Crippen LogP contribution in [0, 0.1) is 5.92 Å². The first-order valence-electron chi connectivity index (χ1n) is 8.64. The van der Waals surface area contributed by atoms with Crippen molar-refractivity contribution >= 4 is 5.97 Å². The molecule has 0 spiro atoms. The van der Waals surface area contributed by atoms with Crippen LogP contribution in [0.4, 0.5) is 0 Å². The molecule has 1 aliphatic rings. The number of carboxylic acid groups (broad SMARTS) is 1. The smallest absolute Gasteiger partial charge is 0.545 e. The van der Waals surface area contributed by atoms with Crippen molar-refractivity contribution in [1.82, 2.24) is 4.90 Å². The minimum atomic E-state index is -1.12. The zero-order valence-electron chi connectivity index (χ0n) is 15.1. The van der Waals surface area contributed by atoms with Crippen molar-refractivity contribution in [3.8, 4) is 0 Å². The van der Waals surface area contributed by atoms with Crippen molar-refractivity contribution in [1.29, 1.82) is 0 Å². The number of rotatable bonds is 11. The second-order valence-electron chi connectivity index (χ2n) is 5.91. The summed E-state index contributed by atoms with van der Waals surface area (Å²) in [6.07, 6.45) is 16.5. The van der Waals surface area contributed by atoms with E-state index in [9.17, 15) is 9.90 Å². The molecule has 1 rings (SSSR count). The quantitative estimate of drug-likeness (QED) is 0.307. The molecule has 0 aromatic rings. The van der Waals surface area contributed by atoms with Crippen molar-refractivity contribution in [2.24, 2.45) is 5.92 Å². The van der Waals surface area contributed by atoms with Gasteiger partial charge in [-0.25, -0.2) is 0 Å². The number of hydrogen-bond acceptors (Lipinski definition) is 3. The van der Waals surface area contributed by atoms with Crippen LogP contribution in [0.3, 0.4) is 0 Å². The van der Waals surface area contributed by atoms with Crippen molar-refractivity contribution in [3.63, 3.8) is 0 Å². The zero-order chi connectivity index (χ0) is 16.2. The van der Waals surface area contributed by atoms with Gasteiger partial charge in [-0.1, -0.05) is 56.6 Å². The Kier molecular flexibility index (Phi) is 13.8. The molecule has 4 heteroatoms. The minimum Gasteiger partial charge on any atom is -0.545 e. The van der Waals surface area contributed by atoms with Crippen LogP contribution in [0.1, 0.15) is 52.4 Å². The maximum absolute atomic E-state index is 10.4. The molecule has 0 aliphatic heterocycles. The second-order valence-corrected chi connectivity index (χ2v) is 5.91. The Labute approximate surface area is 163 Å². The fourth-order valence-electron chi connectivity index (χ4n) is 2.77. The van der Waals surface area contributed by atoms with Gasteiger partial charge >= 0.3 is 29.6 Å². The standard InChI is InChI=1S/C19H31NO2.Na/c1-3-20(4-2)16-8-6-5-7-9-17-10-12-18(13-11-17)14-15-19(21)22;/h10-12,14-15,18H,3-9,13,16H2,1-2H3,(H,21,22);/q;+1/p-1. The Morgan fingerprint density at radius 1 is 1.26 bits per heavy atom. The molecular weight excluding hydrogens is 297 g/mol. The molecule has 124 valence electrons. The summed E-state index contributed by atoms with van der Waals surface area (Å²) in [5.41, 5.74) is 1.39. The summed E-state index contributed by atoms with van der Waals surface area (Å²) in [4.78, 5) is 12.9. The van der Waals surface area contributed by atoms with E-state index in [1.54, 1.807) is 6.08 Å². The molecule has 1 atom stereocenters. The summed E-state index contributed by atoms with van der Waals surface area (Å²) in [5, 5.41) is 10.4. The third kappa shape index (κ3) is 10.9. The largest absolute Gasteiger partial charge is 1.00 e. The predicted molar refractivity (Wildman–Crippen MR) is 90.4 cm³/mol. The molecule has 0 saturated heterocycles. The number of carboxylic acids is 1. The summed E-state index contributed by atoms with van der Waals surface area (Å²) >= 11 is 0. The molecule has 3 nitrogen and oxygen atoms in total. The van der Waals surface area contributed by atoms with Crippen molar-refractivity contribution < 1.29 is 39.5 Å². The molecule has 0 aromatic carbocycles. The van der Waals surface area contributed by atoms with E-state index in [-0.39, 0.29) is 35.5 Å². The Balaban J connectivity index is 0.00000484. The number of unbranched alkanes of at least 4 members (excludes halogenated alkanes) is 3. The van der Waals surface area contributed by atoms with E-state index >= 15 is 0 Å². The molecule has 1 aliphatic carbocycles. The minimum absolute atomic E-state index is 0. The summed E-state index contributed by atoms with van der Waals surface area (Å²) in [6.45, 7) is 7.98. The van der Waals surface area contributed by atoms with Gasteiger partial charge in [-0.3, -0.25) is 0 Å². The number of hydrogen-bond donors (Lipinski definition) is 0. The average Bonchev–Trinajstić information content (AvgIpc) is 2.53. The molecular formula is C19H30NNaO2. The molecule has 0 heterocycles. The van der Waals surface area contributed by atoms with Gasteiger partial charge < -0.3 is 14.8 Å². The Morgan fingerprint density at radius 2 is 1.96 bits per heavy atom. The first-order chi connectivity index (χ1) is 10.7. The predicted octanol–water partition coefficient (Wildman–Crippen LogP) is 0.0913. The fourth-order valence-corrected chi connectivity index (χ4v) is 2.77. The van der Waals surface area contributed by atoms with Crippen LogP contribution in [0.5, 0.6) is 0 Å². The summed E-state index contributed by atoms with van der Waals surface area (Å²) < 4.78 is 0. The average molecular weight is 327 g/mol. The van der Waals surface area contributed by atoms with Crippen LogP contribution in [0.25, 0.3) is 0 Å². The number of nitrogens with zero attached hydrogens (tertiary/aromatic N) is 1. The fraction of sp³-hybridized carbons (Fsp3) is 0.632. The van der Waals surface area contributed by atoms with Crippen LogP contribution < -0.4 is 34.7 Å². The van der Waals surface area contributed by atoms with Crippen molar-refractivity contribution in [2.75, 3.05) is 19.6 Å². The molecule has 0 radical (unpaired) electrons. The normalized spacial score (nSPS) is 17.3. The van der Waals surface area contributed by atoms with Gasteiger partial charge in [0.1, 0.15) is 0 Å². The maximum Gasteiger partial charge on any atom is 1.00 e. The molecule has 1 unspecified atom stereocenters. The topological polar surface area (TPSA) is 43.4 Å². The first kappa shape index (κ1) is 22.6. The molecule has 0 saturated carbocycles. The van der Waals surface area contributed by atoms with Gasteiger partial charge in [-0.15, -0.1) is 0 Å². The van der Waals surface area contributed by atoms with Gasteiger partial charge in [-0.05, 0) is 57.3 Å². The Morgan fingerprint density at radius 3 is 2.52 bits per heavy atom. The van der Waals surface area contributed by atoms with Crippen LogP contribution in [0.2, 0.25) is 0 Å². The van der Waals surface area contributed by atoms with Crippen LogP contribution in [-0.2, 0) is 4.79 Å². The van der Waals surface area contributed by atoms with Crippen LogP contribution in [-0.4, -0.2) is 30.5 Å². The zero-order valence-corrected chi connectivity index (χ0v) is 17.1. The van der Waals surface area contributed by atoms with Gasteiger partial charge in [0.25, 0.3) is 0 Å². The van der Waals surface area contributed by atoms with Gasteiger partial charge in [0.15, 0.2) is 0 Å². The molecule has 0 bridgehead atoms. The molecule has 23 heavy (non-hydrogen) atoms. The third-order valence-corrected chi connectivity index (χ3v) is 4.27. The van der Waals surface area contributed by atoms with Gasteiger partial charge in [-0.2, -0.15) is 0 Å². The van der Waals surface area contributed by atoms with E-state index < -0.39 is 5.97 Å². The van der Waals surface area contributed by atoms with E-state index in [1.165, 1.54) is 37.8 Å². The van der Waals surface area contributed by atoms with Crippen molar-refractivity contribution in [2.45, 2.75) is 52.4 Å². The number of carbonyl (C=O) groups excluding carboxylic acids is 1. The van der Waals surface area contributed by atoms with Crippen LogP contribution in [0.15, 0.2) is 36.0 Å². The van der Waals surface area contributed by atoms with Gasteiger partial charge in [0.05, 0.1) is 5.97 Å². The molecule has 0 N–H and O–H groups in total. The number of carbonyl (C=O) groups is 1. The molecule has 0 amide bonds. The number of allylic oxidation sites excluding steroid dienone is 5. The Hall–Kier alpha value is -0.350. The third-order valence-electron chi connectivity index (χ3n) is 4.27. The molecule has 0 aromatic heterocycles. The Bertz CT molecular complexity index is 412. The number of aliphatic carboxylic acids is 1.